The lowest BCUT2D eigenvalue weighted by atomic mass is 10.2. The summed E-state index contributed by atoms with van der Waals surface area (Å²) in [6.45, 7) is 2.55. The summed E-state index contributed by atoms with van der Waals surface area (Å²) < 4.78 is 5.38. The molecule has 0 atom stereocenters. The van der Waals surface area contributed by atoms with E-state index >= 15 is 0 Å². The molecule has 6 heteroatoms. The molecule has 0 aliphatic carbocycles. The van der Waals surface area contributed by atoms with Gasteiger partial charge in [-0.05, 0) is 43.3 Å². The number of amides is 1. The molecular formula is C19H19N3O2S. The van der Waals surface area contributed by atoms with Crippen LogP contribution in [0, 0.1) is 0 Å². The van der Waals surface area contributed by atoms with Crippen molar-refractivity contribution in [1.29, 1.82) is 0 Å². The Labute approximate surface area is 150 Å². The van der Waals surface area contributed by atoms with Crippen molar-refractivity contribution >= 4 is 33.8 Å². The van der Waals surface area contributed by atoms with Gasteiger partial charge in [0.2, 0.25) is 5.91 Å². The van der Waals surface area contributed by atoms with E-state index in [9.17, 15) is 4.79 Å². The molecule has 0 saturated heterocycles. The van der Waals surface area contributed by atoms with Gasteiger partial charge in [0.05, 0.1) is 18.7 Å². The SMILES string of the molecule is CCOc1ccc(NC(=O)Cc2csc(Nc3ccccc3)n2)cc1. The fraction of sp³-hybridized carbons (Fsp3) is 0.158. The molecule has 3 aromatic rings. The highest BCUT2D eigenvalue weighted by Gasteiger charge is 2.08. The van der Waals surface area contributed by atoms with Crippen LogP contribution < -0.4 is 15.4 Å². The van der Waals surface area contributed by atoms with Crippen LogP contribution in [0.5, 0.6) is 5.75 Å². The number of ether oxygens (including phenoxy) is 1. The van der Waals surface area contributed by atoms with Crippen molar-refractivity contribution in [3.63, 3.8) is 0 Å². The normalized spacial score (nSPS) is 10.3. The molecule has 2 N–H and O–H groups in total. The molecule has 0 unspecified atom stereocenters. The van der Waals surface area contributed by atoms with E-state index in [0.29, 0.717) is 6.61 Å². The summed E-state index contributed by atoms with van der Waals surface area (Å²) >= 11 is 1.48. The first-order valence-corrected chi connectivity index (χ1v) is 8.90. The van der Waals surface area contributed by atoms with Gasteiger partial charge in [-0.1, -0.05) is 18.2 Å². The summed E-state index contributed by atoms with van der Waals surface area (Å²) in [5, 5.41) is 8.76. The summed E-state index contributed by atoms with van der Waals surface area (Å²) in [6, 6.07) is 17.2. The zero-order chi connectivity index (χ0) is 17.5. The third-order valence-corrected chi connectivity index (χ3v) is 4.17. The first-order valence-electron chi connectivity index (χ1n) is 8.02. The molecule has 0 aliphatic heterocycles. The van der Waals surface area contributed by atoms with Crippen molar-refractivity contribution in [2.24, 2.45) is 0 Å². The Morgan fingerprint density at radius 1 is 1.08 bits per heavy atom. The molecule has 0 fully saturated rings. The van der Waals surface area contributed by atoms with E-state index in [1.807, 2.05) is 66.9 Å². The van der Waals surface area contributed by atoms with E-state index in [1.54, 1.807) is 0 Å². The second-order valence-corrected chi connectivity index (χ2v) is 6.18. The first kappa shape index (κ1) is 17.0. The maximum absolute atomic E-state index is 12.2. The number of carbonyl (C=O) groups excluding carboxylic acids is 1. The Balaban J connectivity index is 1.54. The van der Waals surface area contributed by atoms with E-state index < -0.39 is 0 Å². The lowest BCUT2D eigenvalue weighted by Crippen LogP contribution is -2.14. The third-order valence-electron chi connectivity index (χ3n) is 3.37. The molecule has 0 aliphatic rings. The molecule has 1 amide bonds. The predicted molar refractivity (Wildman–Crippen MR) is 102 cm³/mol. The molecule has 3 rings (SSSR count). The Morgan fingerprint density at radius 3 is 2.56 bits per heavy atom. The summed E-state index contributed by atoms with van der Waals surface area (Å²) in [4.78, 5) is 16.6. The Morgan fingerprint density at radius 2 is 1.84 bits per heavy atom. The number of thiazole rings is 1. The van der Waals surface area contributed by atoms with Crippen molar-refractivity contribution in [2.75, 3.05) is 17.2 Å². The van der Waals surface area contributed by atoms with Crippen LogP contribution in [-0.4, -0.2) is 17.5 Å². The molecule has 2 aromatic carbocycles. The van der Waals surface area contributed by atoms with Gasteiger partial charge in [-0.25, -0.2) is 4.98 Å². The zero-order valence-corrected chi connectivity index (χ0v) is 14.7. The number of rotatable bonds is 7. The maximum Gasteiger partial charge on any atom is 0.230 e. The molecule has 0 spiro atoms. The number of para-hydroxylation sites is 1. The molecule has 0 bridgehead atoms. The first-order chi connectivity index (χ1) is 12.2. The highest BCUT2D eigenvalue weighted by molar-refractivity contribution is 7.13. The van der Waals surface area contributed by atoms with Gasteiger partial charge in [0.15, 0.2) is 5.13 Å². The number of aromatic nitrogens is 1. The highest BCUT2D eigenvalue weighted by Crippen LogP contribution is 2.21. The monoisotopic (exact) mass is 353 g/mol. The molecule has 1 aromatic heterocycles. The van der Waals surface area contributed by atoms with Gasteiger partial charge in [0.25, 0.3) is 0 Å². The van der Waals surface area contributed by atoms with E-state index in [1.165, 1.54) is 11.3 Å². The maximum atomic E-state index is 12.2. The molecule has 25 heavy (non-hydrogen) atoms. The highest BCUT2D eigenvalue weighted by atomic mass is 32.1. The Bertz CT molecular complexity index is 816. The molecule has 0 radical (unpaired) electrons. The van der Waals surface area contributed by atoms with Crippen LogP contribution in [0.2, 0.25) is 0 Å². The number of benzene rings is 2. The van der Waals surface area contributed by atoms with Gasteiger partial charge < -0.3 is 15.4 Å². The quantitative estimate of drug-likeness (QED) is 0.658. The fourth-order valence-corrected chi connectivity index (χ4v) is 2.99. The van der Waals surface area contributed by atoms with Crippen LogP contribution in [0.3, 0.4) is 0 Å². The van der Waals surface area contributed by atoms with Crippen LogP contribution in [0.15, 0.2) is 60.0 Å². The van der Waals surface area contributed by atoms with Gasteiger partial charge in [-0.15, -0.1) is 11.3 Å². The van der Waals surface area contributed by atoms with Crippen molar-refractivity contribution < 1.29 is 9.53 Å². The minimum atomic E-state index is -0.0966. The van der Waals surface area contributed by atoms with Crippen LogP contribution in [0.4, 0.5) is 16.5 Å². The molecule has 0 saturated carbocycles. The second kappa shape index (κ2) is 8.30. The van der Waals surface area contributed by atoms with E-state index in [4.69, 9.17) is 4.74 Å². The Kier molecular flexibility index (Phi) is 5.64. The van der Waals surface area contributed by atoms with E-state index in [0.717, 1.165) is 27.9 Å². The minimum Gasteiger partial charge on any atom is -0.494 e. The van der Waals surface area contributed by atoms with Gasteiger partial charge in [-0.3, -0.25) is 4.79 Å². The van der Waals surface area contributed by atoms with Crippen molar-refractivity contribution in [1.82, 2.24) is 4.98 Å². The van der Waals surface area contributed by atoms with E-state index in [2.05, 4.69) is 15.6 Å². The van der Waals surface area contributed by atoms with Gasteiger partial charge in [0.1, 0.15) is 5.75 Å². The molecular weight excluding hydrogens is 334 g/mol. The van der Waals surface area contributed by atoms with Crippen LogP contribution in [0.25, 0.3) is 0 Å². The van der Waals surface area contributed by atoms with Crippen LogP contribution >= 0.6 is 11.3 Å². The summed E-state index contributed by atoms with van der Waals surface area (Å²) in [6.07, 6.45) is 0.236. The zero-order valence-electron chi connectivity index (χ0n) is 13.9. The van der Waals surface area contributed by atoms with Gasteiger partial charge in [0, 0.05) is 16.8 Å². The predicted octanol–water partition coefficient (Wildman–Crippen LogP) is 4.47. The molecule has 1 heterocycles. The summed E-state index contributed by atoms with van der Waals surface area (Å²) in [5.74, 6) is 0.692. The van der Waals surface area contributed by atoms with Crippen molar-refractivity contribution in [3.05, 3.63) is 65.7 Å². The fourth-order valence-electron chi connectivity index (χ4n) is 2.26. The van der Waals surface area contributed by atoms with E-state index in [-0.39, 0.29) is 12.3 Å². The second-order valence-electron chi connectivity index (χ2n) is 5.32. The number of hydrogen-bond acceptors (Lipinski definition) is 5. The lowest BCUT2D eigenvalue weighted by Gasteiger charge is -2.06. The smallest absolute Gasteiger partial charge is 0.230 e. The summed E-state index contributed by atoms with van der Waals surface area (Å²) in [7, 11) is 0. The number of nitrogens with zero attached hydrogens (tertiary/aromatic N) is 1. The number of anilines is 3. The van der Waals surface area contributed by atoms with Crippen molar-refractivity contribution in [3.8, 4) is 5.75 Å². The average Bonchev–Trinajstić information content (AvgIpc) is 3.04. The molecule has 5 nitrogen and oxygen atoms in total. The lowest BCUT2D eigenvalue weighted by molar-refractivity contribution is -0.115. The van der Waals surface area contributed by atoms with Gasteiger partial charge >= 0.3 is 0 Å². The third kappa shape index (κ3) is 5.06. The van der Waals surface area contributed by atoms with Crippen molar-refractivity contribution in [2.45, 2.75) is 13.3 Å². The van der Waals surface area contributed by atoms with Crippen LogP contribution in [-0.2, 0) is 11.2 Å². The number of carbonyl (C=O) groups is 1. The number of nitrogens with one attached hydrogen (secondary N) is 2. The average molecular weight is 353 g/mol. The number of hydrogen-bond donors (Lipinski definition) is 2. The Hall–Kier alpha value is -2.86. The van der Waals surface area contributed by atoms with Gasteiger partial charge in [-0.2, -0.15) is 0 Å². The standard InChI is InChI=1S/C19H19N3O2S/c1-2-24-17-10-8-15(9-11-17)20-18(23)12-16-13-25-19(22-16)21-14-6-4-3-5-7-14/h3-11,13H,2,12H2,1H3,(H,20,23)(H,21,22). The largest absolute Gasteiger partial charge is 0.494 e. The molecule has 128 valence electrons. The summed E-state index contributed by atoms with van der Waals surface area (Å²) in [5.41, 5.74) is 2.46. The topological polar surface area (TPSA) is 63.2 Å². The minimum absolute atomic E-state index is 0.0966. The van der Waals surface area contributed by atoms with Crippen LogP contribution in [0.1, 0.15) is 12.6 Å².